The van der Waals surface area contributed by atoms with Crippen molar-refractivity contribution >= 4 is 28.9 Å². The Balaban J connectivity index is 2.40. The van der Waals surface area contributed by atoms with Crippen LogP contribution in [0.1, 0.15) is 59.3 Å². The van der Waals surface area contributed by atoms with Crippen molar-refractivity contribution in [2.75, 3.05) is 10.6 Å². The van der Waals surface area contributed by atoms with Crippen LogP contribution in [0.3, 0.4) is 0 Å². The molecule has 0 spiro atoms. The summed E-state index contributed by atoms with van der Waals surface area (Å²) in [5.41, 5.74) is 1.65. The van der Waals surface area contributed by atoms with Crippen LogP contribution in [0.15, 0.2) is 18.2 Å². The average molecular weight is 311 g/mol. The van der Waals surface area contributed by atoms with Crippen molar-refractivity contribution in [1.82, 2.24) is 0 Å². The van der Waals surface area contributed by atoms with E-state index in [-0.39, 0.29) is 5.91 Å². The Morgan fingerprint density at radius 3 is 2.57 bits per heavy atom. The molecule has 0 aliphatic heterocycles. The zero-order valence-electron chi connectivity index (χ0n) is 13.3. The molecular weight excluding hydrogens is 284 g/mol. The van der Waals surface area contributed by atoms with Crippen molar-refractivity contribution in [1.29, 1.82) is 0 Å². The number of anilines is 2. The number of amides is 1. The lowest BCUT2D eigenvalue weighted by Crippen LogP contribution is -2.15. The largest absolute Gasteiger partial charge is 0.383 e. The number of carbonyl (C=O) groups excluding carboxylic acids is 1. The van der Waals surface area contributed by atoms with Crippen molar-refractivity contribution < 1.29 is 4.79 Å². The van der Waals surface area contributed by atoms with Crippen LogP contribution in [0.4, 0.5) is 11.4 Å². The van der Waals surface area contributed by atoms with E-state index in [1.807, 2.05) is 18.2 Å². The van der Waals surface area contributed by atoms with E-state index in [0.29, 0.717) is 16.8 Å². The van der Waals surface area contributed by atoms with Crippen LogP contribution in [0.25, 0.3) is 0 Å². The first-order valence-electron chi connectivity index (χ1n) is 7.86. The molecule has 0 aliphatic carbocycles. The zero-order valence-corrected chi connectivity index (χ0v) is 14.1. The van der Waals surface area contributed by atoms with Gasteiger partial charge in [0.2, 0.25) is 5.91 Å². The van der Waals surface area contributed by atoms with E-state index in [0.717, 1.165) is 12.1 Å². The molecule has 0 heterocycles. The summed E-state index contributed by atoms with van der Waals surface area (Å²) >= 11 is 6.16. The van der Waals surface area contributed by atoms with E-state index in [1.165, 1.54) is 39.0 Å². The van der Waals surface area contributed by atoms with Crippen LogP contribution >= 0.6 is 11.6 Å². The summed E-state index contributed by atoms with van der Waals surface area (Å²) in [4.78, 5) is 11.0. The van der Waals surface area contributed by atoms with Gasteiger partial charge in [-0.3, -0.25) is 4.79 Å². The van der Waals surface area contributed by atoms with Gasteiger partial charge in [0.25, 0.3) is 0 Å². The molecule has 1 amide bonds. The molecule has 0 saturated heterocycles. The summed E-state index contributed by atoms with van der Waals surface area (Å²) < 4.78 is 0. The fourth-order valence-electron chi connectivity index (χ4n) is 2.31. The number of halogens is 1. The Labute approximate surface area is 133 Å². The lowest BCUT2D eigenvalue weighted by Gasteiger charge is -2.16. The molecule has 1 aromatic carbocycles. The number of unbranched alkanes of at least 4 members (excludes halogenated alkanes) is 4. The minimum absolute atomic E-state index is 0.113. The summed E-state index contributed by atoms with van der Waals surface area (Å²) in [6.07, 6.45) is 7.68. The number of rotatable bonds is 9. The van der Waals surface area contributed by atoms with E-state index >= 15 is 0 Å². The normalized spacial score (nSPS) is 12.0. The Morgan fingerprint density at radius 1 is 1.24 bits per heavy atom. The number of carbonyl (C=O) groups is 1. The van der Waals surface area contributed by atoms with Crippen LogP contribution in [0.5, 0.6) is 0 Å². The standard InChI is InChI=1S/C17H27ClN2O/c1-4-5-6-7-8-9-13(2)19-15-10-11-17(16(18)12-15)20-14(3)21/h10-13,19H,4-9H2,1-3H3,(H,20,21). The van der Waals surface area contributed by atoms with Gasteiger partial charge in [-0.25, -0.2) is 0 Å². The molecule has 2 N–H and O–H groups in total. The topological polar surface area (TPSA) is 41.1 Å². The lowest BCUT2D eigenvalue weighted by molar-refractivity contribution is -0.114. The Morgan fingerprint density at radius 2 is 1.95 bits per heavy atom. The van der Waals surface area contributed by atoms with E-state index in [4.69, 9.17) is 11.6 Å². The second kappa shape index (κ2) is 9.67. The molecule has 21 heavy (non-hydrogen) atoms. The highest BCUT2D eigenvalue weighted by Crippen LogP contribution is 2.26. The highest BCUT2D eigenvalue weighted by molar-refractivity contribution is 6.34. The van der Waals surface area contributed by atoms with Gasteiger partial charge in [0.1, 0.15) is 0 Å². The first-order chi connectivity index (χ1) is 10.0. The number of nitrogens with one attached hydrogen (secondary N) is 2. The first kappa shape index (κ1) is 17.8. The van der Waals surface area contributed by atoms with E-state index in [1.54, 1.807) is 0 Å². The van der Waals surface area contributed by atoms with Gasteiger partial charge in [-0.15, -0.1) is 0 Å². The predicted octanol–water partition coefficient (Wildman–Crippen LogP) is 5.46. The second-order valence-corrected chi connectivity index (χ2v) is 6.03. The molecule has 0 radical (unpaired) electrons. The maximum Gasteiger partial charge on any atom is 0.221 e. The number of benzene rings is 1. The molecule has 4 heteroatoms. The molecule has 0 saturated carbocycles. The summed E-state index contributed by atoms with van der Waals surface area (Å²) in [5, 5.41) is 6.73. The quantitative estimate of drug-likeness (QED) is 0.595. The molecule has 118 valence electrons. The van der Waals surface area contributed by atoms with Gasteiger partial charge in [0.15, 0.2) is 0 Å². The maximum atomic E-state index is 11.0. The number of hydrogen-bond acceptors (Lipinski definition) is 2. The minimum Gasteiger partial charge on any atom is -0.383 e. The molecule has 1 aromatic rings. The lowest BCUT2D eigenvalue weighted by atomic mass is 10.1. The van der Waals surface area contributed by atoms with Gasteiger partial charge in [0.05, 0.1) is 10.7 Å². The molecule has 1 atom stereocenters. The molecular formula is C17H27ClN2O. The Bertz CT molecular complexity index is 448. The third-order valence-corrected chi connectivity index (χ3v) is 3.75. The van der Waals surface area contributed by atoms with Gasteiger partial charge in [-0.05, 0) is 31.5 Å². The van der Waals surface area contributed by atoms with Crippen LogP contribution < -0.4 is 10.6 Å². The third kappa shape index (κ3) is 7.37. The third-order valence-electron chi connectivity index (χ3n) is 3.43. The summed E-state index contributed by atoms with van der Waals surface area (Å²) in [7, 11) is 0. The molecule has 1 unspecified atom stereocenters. The van der Waals surface area contributed by atoms with Crippen LogP contribution in [0, 0.1) is 0 Å². The van der Waals surface area contributed by atoms with Crippen molar-refractivity contribution in [2.45, 2.75) is 65.3 Å². The molecule has 3 nitrogen and oxygen atoms in total. The van der Waals surface area contributed by atoms with Crippen LogP contribution in [-0.4, -0.2) is 11.9 Å². The summed E-state index contributed by atoms with van der Waals surface area (Å²) in [6, 6.07) is 6.07. The minimum atomic E-state index is -0.113. The highest BCUT2D eigenvalue weighted by atomic mass is 35.5. The maximum absolute atomic E-state index is 11.0. The van der Waals surface area contributed by atoms with Gasteiger partial charge >= 0.3 is 0 Å². The fraction of sp³-hybridized carbons (Fsp3) is 0.588. The van der Waals surface area contributed by atoms with Gasteiger partial charge in [-0.1, -0.05) is 50.6 Å². The Kier molecular flexibility index (Phi) is 8.21. The predicted molar refractivity (Wildman–Crippen MR) is 92.2 cm³/mol. The number of hydrogen-bond donors (Lipinski definition) is 2. The van der Waals surface area contributed by atoms with Gasteiger partial charge < -0.3 is 10.6 Å². The second-order valence-electron chi connectivity index (χ2n) is 5.62. The fourth-order valence-corrected chi connectivity index (χ4v) is 2.53. The van der Waals surface area contributed by atoms with Crippen molar-refractivity contribution in [3.8, 4) is 0 Å². The first-order valence-corrected chi connectivity index (χ1v) is 8.24. The molecule has 0 aromatic heterocycles. The van der Waals surface area contributed by atoms with Crippen molar-refractivity contribution in [3.05, 3.63) is 23.2 Å². The average Bonchev–Trinajstić information content (AvgIpc) is 2.41. The smallest absolute Gasteiger partial charge is 0.221 e. The van der Waals surface area contributed by atoms with Gasteiger partial charge in [0, 0.05) is 18.7 Å². The van der Waals surface area contributed by atoms with Crippen molar-refractivity contribution in [3.63, 3.8) is 0 Å². The van der Waals surface area contributed by atoms with Crippen LogP contribution in [-0.2, 0) is 4.79 Å². The highest BCUT2D eigenvalue weighted by Gasteiger charge is 2.06. The van der Waals surface area contributed by atoms with E-state index in [2.05, 4.69) is 24.5 Å². The van der Waals surface area contributed by atoms with E-state index in [9.17, 15) is 4.79 Å². The zero-order chi connectivity index (χ0) is 15.7. The molecule has 1 rings (SSSR count). The van der Waals surface area contributed by atoms with E-state index < -0.39 is 0 Å². The van der Waals surface area contributed by atoms with Crippen LogP contribution in [0.2, 0.25) is 5.02 Å². The SMILES string of the molecule is CCCCCCCC(C)Nc1ccc(NC(C)=O)c(Cl)c1. The summed E-state index contributed by atoms with van der Waals surface area (Å²) in [6.45, 7) is 5.90. The molecule has 0 aliphatic rings. The van der Waals surface area contributed by atoms with Gasteiger partial charge in [-0.2, -0.15) is 0 Å². The Hall–Kier alpha value is -1.22. The molecule has 0 fully saturated rings. The molecule has 0 bridgehead atoms. The monoisotopic (exact) mass is 310 g/mol. The van der Waals surface area contributed by atoms with Crippen molar-refractivity contribution in [2.24, 2.45) is 0 Å². The summed E-state index contributed by atoms with van der Waals surface area (Å²) in [5.74, 6) is -0.113.